The van der Waals surface area contributed by atoms with Crippen LogP contribution in [0.3, 0.4) is 0 Å². The van der Waals surface area contributed by atoms with Crippen molar-refractivity contribution < 1.29 is 9.90 Å². The van der Waals surface area contributed by atoms with E-state index in [2.05, 4.69) is 15.5 Å². The van der Waals surface area contributed by atoms with Gasteiger partial charge in [0.15, 0.2) is 0 Å². The van der Waals surface area contributed by atoms with Gasteiger partial charge in [0.1, 0.15) is 0 Å². The minimum Gasteiger partial charge on any atom is -0.396 e. The molecular formula is C13H23N3O2. The second-order valence-corrected chi connectivity index (χ2v) is 5.71. The maximum Gasteiger partial charge on any atom is 0.255 e. The molecule has 0 saturated heterocycles. The number of carbonyl (C=O) groups excluding carboxylic acids is 1. The second-order valence-electron chi connectivity index (χ2n) is 5.71. The molecular weight excluding hydrogens is 230 g/mol. The summed E-state index contributed by atoms with van der Waals surface area (Å²) in [6.45, 7) is 9.82. The fourth-order valence-corrected chi connectivity index (χ4v) is 1.97. The number of carbonyl (C=O) groups is 1. The molecule has 5 nitrogen and oxygen atoms in total. The van der Waals surface area contributed by atoms with Crippen LogP contribution in [0.4, 0.5) is 0 Å². The van der Waals surface area contributed by atoms with Gasteiger partial charge in [-0.2, -0.15) is 5.10 Å². The average Bonchev–Trinajstić information content (AvgIpc) is 2.56. The third-order valence-corrected chi connectivity index (χ3v) is 3.12. The highest BCUT2D eigenvalue weighted by Gasteiger charge is 2.27. The van der Waals surface area contributed by atoms with Gasteiger partial charge in [0.2, 0.25) is 0 Å². The zero-order chi connectivity index (χ0) is 13.9. The molecule has 1 unspecified atom stereocenters. The molecule has 0 radical (unpaired) electrons. The fraction of sp³-hybridized carbons (Fsp3) is 0.692. The molecule has 0 aromatic carbocycles. The van der Waals surface area contributed by atoms with Crippen LogP contribution in [0.15, 0.2) is 0 Å². The van der Waals surface area contributed by atoms with E-state index in [0.717, 1.165) is 5.69 Å². The Morgan fingerprint density at radius 2 is 2.06 bits per heavy atom. The quantitative estimate of drug-likeness (QED) is 0.762. The van der Waals surface area contributed by atoms with E-state index < -0.39 is 0 Å². The Bertz CT molecular complexity index is 399. The van der Waals surface area contributed by atoms with Gasteiger partial charge < -0.3 is 10.4 Å². The number of hydrogen-bond acceptors (Lipinski definition) is 3. The largest absolute Gasteiger partial charge is 0.396 e. The van der Waals surface area contributed by atoms with Crippen LogP contribution >= 0.6 is 0 Å². The molecule has 1 aromatic rings. The first-order chi connectivity index (χ1) is 8.27. The monoisotopic (exact) mass is 253 g/mol. The van der Waals surface area contributed by atoms with Gasteiger partial charge in [0.25, 0.3) is 5.91 Å². The maximum atomic E-state index is 12.2. The molecule has 1 atom stereocenters. The normalized spacial score (nSPS) is 13.4. The second kappa shape index (κ2) is 5.52. The number of nitrogens with zero attached hydrogens (tertiary/aromatic N) is 1. The van der Waals surface area contributed by atoms with Crippen LogP contribution < -0.4 is 5.32 Å². The molecule has 0 aliphatic rings. The van der Waals surface area contributed by atoms with E-state index in [4.69, 9.17) is 5.11 Å². The number of nitrogens with one attached hydrogen (secondary N) is 2. The molecule has 1 rings (SSSR count). The first-order valence-electron chi connectivity index (χ1n) is 6.20. The van der Waals surface area contributed by atoms with Gasteiger partial charge >= 0.3 is 0 Å². The Morgan fingerprint density at radius 1 is 1.44 bits per heavy atom. The highest BCUT2D eigenvalue weighted by Crippen LogP contribution is 2.22. The first kappa shape index (κ1) is 14.7. The van der Waals surface area contributed by atoms with Gasteiger partial charge in [-0.05, 0) is 25.7 Å². The van der Waals surface area contributed by atoms with Crippen molar-refractivity contribution in [1.82, 2.24) is 15.5 Å². The Balaban J connectivity index is 2.86. The standard InChI is InChI=1S/C13H23N3O2/c1-8-11(9(2)16-15-8)12(18)14-10(6-7-17)13(3,4)5/h10,17H,6-7H2,1-5H3,(H,14,18)(H,15,16). The Labute approximate surface area is 108 Å². The van der Waals surface area contributed by atoms with Crippen LogP contribution in [0.1, 0.15) is 48.9 Å². The number of amides is 1. The summed E-state index contributed by atoms with van der Waals surface area (Å²) in [6.07, 6.45) is 0.547. The Morgan fingerprint density at radius 3 is 2.44 bits per heavy atom. The van der Waals surface area contributed by atoms with Crippen LogP contribution in [0.2, 0.25) is 0 Å². The van der Waals surface area contributed by atoms with E-state index in [0.29, 0.717) is 17.7 Å². The summed E-state index contributed by atoms with van der Waals surface area (Å²) in [5.74, 6) is -0.132. The number of aromatic nitrogens is 2. The van der Waals surface area contributed by atoms with Crippen molar-refractivity contribution in [3.63, 3.8) is 0 Å². The highest BCUT2D eigenvalue weighted by atomic mass is 16.3. The van der Waals surface area contributed by atoms with E-state index in [1.165, 1.54) is 0 Å². The Kier molecular flexibility index (Phi) is 4.51. The number of aryl methyl sites for hydroxylation is 2. The predicted octanol–water partition coefficient (Wildman–Crippen LogP) is 1.55. The first-order valence-corrected chi connectivity index (χ1v) is 6.20. The maximum absolute atomic E-state index is 12.2. The van der Waals surface area contributed by atoms with Crippen LogP contribution in [-0.2, 0) is 0 Å². The van der Waals surface area contributed by atoms with Gasteiger partial charge in [0, 0.05) is 18.3 Å². The van der Waals surface area contributed by atoms with E-state index >= 15 is 0 Å². The highest BCUT2D eigenvalue weighted by molar-refractivity contribution is 5.96. The molecule has 0 bridgehead atoms. The lowest BCUT2D eigenvalue weighted by Gasteiger charge is -2.31. The van der Waals surface area contributed by atoms with E-state index in [-0.39, 0.29) is 24.0 Å². The summed E-state index contributed by atoms with van der Waals surface area (Å²) in [6, 6.07) is -0.0660. The molecule has 1 amide bonds. The minimum absolute atomic E-state index is 0.0611. The summed E-state index contributed by atoms with van der Waals surface area (Å²) >= 11 is 0. The molecule has 1 aromatic heterocycles. The third kappa shape index (κ3) is 3.32. The molecule has 0 aliphatic carbocycles. The predicted molar refractivity (Wildman–Crippen MR) is 70.5 cm³/mol. The number of aromatic amines is 1. The number of H-pyrrole nitrogens is 1. The fourth-order valence-electron chi connectivity index (χ4n) is 1.97. The summed E-state index contributed by atoms with van der Waals surface area (Å²) in [5.41, 5.74) is 1.97. The van der Waals surface area contributed by atoms with Crippen LogP contribution in [0.25, 0.3) is 0 Å². The lowest BCUT2D eigenvalue weighted by atomic mass is 9.84. The van der Waals surface area contributed by atoms with Gasteiger partial charge in [0.05, 0.1) is 11.3 Å². The molecule has 102 valence electrons. The molecule has 1 heterocycles. The summed E-state index contributed by atoms with van der Waals surface area (Å²) in [4.78, 5) is 12.2. The molecule has 18 heavy (non-hydrogen) atoms. The van der Waals surface area contributed by atoms with Crippen molar-refractivity contribution in [2.24, 2.45) is 5.41 Å². The summed E-state index contributed by atoms with van der Waals surface area (Å²) in [7, 11) is 0. The van der Waals surface area contributed by atoms with Gasteiger partial charge in [-0.15, -0.1) is 0 Å². The molecule has 0 saturated carbocycles. The zero-order valence-electron chi connectivity index (χ0n) is 11.8. The molecule has 3 N–H and O–H groups in total. The summed E-state index contributed by atoms with van der Waals surface area (Å²) < 4.78 is 0. The van der Waals surface area contributed by atoms with Crippen molar-refractivity contribution in [2.45, 2.75) is 47.1 Å². The van der Waals surface area contributed by atoms with E-state index in [1.807, 2.05) is 27.7 Å². The van der Waals surface area contributed by atoms with Gasteiger partial charge in [-0.3, -0.25) is 9.89 Å². The number of hydrogen-bond donors (Lipinski definition) is 3. The molecule has 0 spiro atoms. The number of rotatable bonds is 4. The number of aliphatic hydroxyl groups excluding tert-OH is 1. The van der Waals surface area contributed by atoms with Crippen molar-refractivity contribution >= 4 is 5.91 Å². The van der Waals surface area contributed by atoms with Gasteiger partial charge in [-0.1, -0.05) is 20.8 Å². The van der Waals surface area contributed by atoms with Crippen molar-refractivity contribution in [1.29, 1.82) is 0 Å². The topological polar surface area (TPSA) is 78.0 Å². The van der Waals surface area contributed by atoms with E-state index in [1.54, 1.807) is 6.92 Å². The molecule has 0 fully saturated rings. The Hall–Kier alpha value is -1.36. The van der Waals surface area contributed by atoms with Gasteiger partial charge in [-0.25, -0.2) is 0 Å². The van der Waals surface area contributed by atoms with Crippen LogP contribution in [0.5, 0.6) is 0 Å². The SMILES string of the molecule is Cc1n[nH]c(C)c1C(=O)NC(CCO)C(C)(C)C. The van der Waals surface area contributed by atoms with Crippen molar-refractivity contribution in [3.05, 3.63) is 17.0 Å². The van der Waals surface area contributed by atoms with Crippen LogP contribution in [0, 0.1) is 19.3 Å². The van der Waals surface area contributed by atoms with Crippen molar-refractivity contribution in [2.75, 3.05) is 6.61 Å². The minimum atomic E-state index is -0.132. The smallest absolute Gasteiger partial charge is 0.255 e. The number of aliphatic hydroxyl groups is 1. The van der Waals surface area contributed by atoms with E-state index in [9.17, 15) is 4.79 Å². The average molecular weight is 253 g/mol. The molecule has 0 aliphatic heterocycles. The lowest BCUT2D eigenvalue weighted by molar-refractivity contribution is 0.0884. The van der Waals surface area contributed by atoms with Crippen LogP contribution in [-0.4, -0.2) is 33.9 Å². The molecule has 5 heteroatoms. The zero-order valence-corrected chi connectivity index (χ0v) is 11.8. The van der Waals surface area contributed by atoms with Crippen molar-refractivity contribution in [3.8, 4) is 0 Å². The summed E-state index contributed by atoms with van der Waals surface area (Å²) in [5, 5.41) is 18.9. The lowest BCUT2D eigenvalue weighted by Crippen LogP contribution is -2.44. The third-order valence-electron chi connectivity index (χ3n) is 3.12.